The quantitative estimate of drug-likeness (QED) is 0.781. The molecule has 2 heterocycles. The molecule has 8 heteroatoms. The van der Waals surface area contributed by atoms with Gasteiger partial charge >= 0.3 is 6.18 Å². The molecule has 2 rings (SSSR count). The number of hydrogen-bond donors (Lipinski definition) is 0. The summed E-state index contributed by atoms with van der Waals surface area (Å²) in [5.74, 6) is 0.318. The van der Waals surface area contributed by atoms with Gasteiger partial charge in [-0.25, -0.2) is 9.67 Å². The lowest BCUT2D eigenvalue weighted by Crippen LogP contribution is -2.12. The number of nitrogens with zero attached hydrogens (tertiary/aromatic N) is 4. The van der Waals surface area contributed by atoms with Crippen molar-refractivity contribution in [3.05, 3.63) is 35.5 Å². The van der Waals surface area contributed by atoms with Crippen LogP contribution in [-0.4, -0.2) is 25.9 Å². The van der Waals surface area contributed by atoms with Gasteiger partial charge in [-0.3, -0.25) is 0 Å². The summed E-state index contributed by atoms with van der Waals surface area (Å²) in [5.41, 5.74) is -0.0766. The van der Waals surface area contributed by atoms with Crippen LogP contribution in [0.1, 0.15) is 5.69 Å². The molecule has 2 aromatic rings. The van der Waals surface area contributed by atoms with Crippen molar-refractivity contribution in [2.75, 3.05) is 0 Å². The molecule has 17 heavy (non-hydrogen) atoms. The van der Waals surface area contributed by atoms with Gasteiger partial charge in [0, 0.05) is 18.5 Å². The van der Waals surface area contributed by atoms with Crippen LogP contribution in [0.5, 0.6) is 0 Å². The van der Waals surface area contributed by atoms with E-state index in [4.69, 9.17) is 11.6 Å². The van der Waals surface area contributed by atoms with Crippen molar-refractivity contribution in [1.82, 2.24) is 19.7 Å². The molecule has 0 saturated carbocycles. The van der Waals surface area contributed by atoms with Crippen molar-refractivity contribution >= 4 is 11.6 Å². The summed E-state index contributed by atoms with van der Waals surface area (Å²) in [7, 11) is 0. The first-order chi connectivity index (χ1) is 7.94. The lowest BCUT2D eigenvalue weighted by atomic mass is 10.3. The summed E-state index contributed by atoms with van der Waals surface area (Å²) in [6.07, 6.45) is -2.56. The maximum absolute atomic E-state index is 12.1. The lowest BCUT2D eigenvalue weighted by Gasteiger charge is -2.02. The zero-order valence-corrected chi connectivity index (χ0v) is 9.07. The van der Waals surface area contributed by atoms with Gasteiger partial charge in [0.2, 0.25) is 5.28 Å². The number of aromatic nitrogens is 4. The summed E-state index contributed by atoms with van der Waals surface area (Å²) in [6.45, 7) is 0. The smallest absolute Gasteiger partial charge is 0.226 e. The Morgan fingerprint density at radius 3 is 2.71 bits per heavy atom. The van der Waals surface area contributed by atoms with E-state index in [1.165, 1.54) is 29.2 Å². The molecule has 0 saturated heterocycles. The highest BCUT2D eigenvalue weighted by molar-refractivity contribution is 6.28. The molecule has 0 atom stereocenters. The topological polar surface area (TPSA) is 43.6 Å². The summed E-state index contributed by atoms with van der Waals surface area (Å²) < 4.78 is 37.6. The van der Waals surface area contributed by atoms with Gasteiger partial charge in [-0.2, -0.15) is 23.3 Å². The highest BCUT2D eigenvalue weighted by Crippen LogP contribution is 2.20. The van der Waals surface area contributed by atoms with E-state index in [1.54, 1.807) is 0 Å². The van der Waals surface area contributed by atoms with Crippen LogP contribution >= 0.6 is 11.6 Å². The Labute approximate surface area is 99.1 Å². The van der Waals surface area contributed by atoms with Crippen molar-refractivity contribution in [3.8, 4) is 5.82 Å². The molecule has 0 unspecified atom stereocenters. The molecule has 0 radical (unpaired) electrons. The first kappa shape index (κ1) is 11.8. The van der Waals surface area contributed by atoms with Crippen LogP contribution in [0.2, 0.25) is 5.28 Å². The van der Waals surface area contributed by atoms with E-state index in [-0.39, 0.29) is 11.0 Å². The molecule has 0 spiro atoms. The van der Waals surface area contributed by atoms with E-state index < -0.39 is 12.6 Å². The molecular formula is C9H6ClF3N4. The van der Waals surface area contributed by atoms with E-state index in [0.29, 0.717) is 5.82 Å². The molecular weight excluding hydrogens is 257 g/mol. The third-order valence-electron chi connectivity index (χ3n) is 1.87. The van der Waals surface area contributed by atoms with E-state index in [0.717, 1.165) is 0 Å². The normalized spacial score (nSPS) is 11.8. The van der Waals surface area contributed by atoms with Gasteiger partial charge in [-0.15, -0.1) is 0 Å². The highest BCUT2D eigenvalue weighted by atomic mass is 35.5. The van der Waals surface area contributed by atoms with Crippen molar-refractivity contribution in [2.24, 2.45) is 0 Å². The van der Waals surface area contributed by atoms with Crippen LogP contribution in [0.4, 0.5) is 13.2 Å². The Balaban J connectivity index is 2.24. The number of halogens is 4. The fourth-order valence-corrected chi connectivity index (χ4v) is 1.39. The van der Waals surface area contributed by atoms with E-state index >= 15 is 0 Å². The zero-order valence-electron chi connectivity index (χ0n) is 8.32. The minimum absolute atomic E-state index is 0.00960. The molecule has 0 amide bonds. The monoisotopic (exact) mass is 262 g/mol. The Kier molecular flexibility index (Phi) is 3.01. The predicted molar refractivity (Wildman–Crippen MR) is 53.9 cm³/mol. The third kappa shape index (κ3) is 3.16. The Bertz CT molecular complexity index is 523. The van der Waals surface area contributed by atoms with E-state index in [9.17, 15) is 13.2 Å². The summed E-state index contributed by atoms with van der Waals surface area (Å²) in [5, 5.41) is 3.76. The first-order valence-corrected chi connectivity index (χ1v) is 4.92. The molecule has 2 aromatic heterocycles. The van der Waals surface area contributed by atoms with Crippen LogP contribution in [0.3, 0.4) is 0 Å². The Hall–Kier alpha value is -1.63. The van der Waals surface area contributed by atoms with Gasteiger partial charge in [0.25, 0.3) is 0 Å². The van der Waals surface area contributed by atoms with Gasteiger partial charge in [-0.1, -0.05) is 0 Å². The maximum Gasteiger partial charge on any atom is 0.394 e. The molecule has 0 aliphatic rings. The van der Waals surface area contributed by atoms with E-state index in [2.05, 4.69) is 15.1 Å². The maximum atomic E-state index is 12.1. The summed E-state index contributed by atoms with van der Waals surface area (Å²) >= 11 is 5.56. The van der Waals surface area contributed by atoms with Crippen molar-refractivity contribution in [1.29, 1.82) is 0 Å². The first-order valence-electron chi connectivity index (χ1n) is 4.54. The largest absolute Gasteiger partial charge is 0.394 e. The zero-order chi connectivity index (χ0) is 12.5. The second kappa shape index (κ2) is 4.33. The molecule has 0 aliphatic carbocycles. The second-order valence-corrected chi connectivity index (χ2v) is 3.57. The Morgan fingerprint density at radius 2 is 2.06 bits per heavy atom. The standard InChI is InChI=1S/C9H6ClF3N4/c10-8-14-3-1-7(15-8)17-4-2-6(16-17)5-9(11,12)13/h1-4H,5H2. The van der Waals surface area contributed by atoms with Crippen LogP contribution in [0.25, 0.3) is 5.82 Å². The number of alkyl halides is 3. The van der Waals surface area contributed by atoms with Gasteiger partial charge in [0.1, 0.15) is 0 Å². The molecule has 4 nitrogen and oxygen atoms in total. The van der Waals surface area contributed by atoms with Crippen molar-refractivity contribution in [3.63, 3.8) is 0 Å². The molecule has 0 aromatic carbocycles. The summed E-state index contributed by atoms with van der Waals surface area (Å²) in [4.78, 5) is 7.49. The average molecular weight is 263 g/mol. The minimum atomic E-state index is -4.28. The second-order valence-electron chi connectivity index (χ2n) is 3.23. The molecule has 0 bridgehead atoms. The average Bonchev–Trinajstić information content (AvgIpc) is 2.63. The van der Waals surface area contributed by atoms with Crippen LogP contribution in [0.15, 0.2) is 24.5 Å². The highest BCUT2D eigenvalue weighted by Gasteiger charge is 2.28. The molecule has 0 fully saturated rings. The molecule has 0 N–H and O–H groups in total. The number of rotatable bonds is 2. The van der Waals surface area contributed by atoms with Gasteiger partial charge < -0.3 is 0 Å². The lowest BCUT2D eigenvalue weighted by molar-refractivity contribution is -0.127. The number of hydrogen-bond acceptors (Lipinski definition) is 3. The van der Waals surface area contributed by atoms with E-state index in [1.807, 2.05) is 0 Å². The van der Waals surface area contributed by atoms with Crippen LogP contribution in [0, 0.1) is 0 Å². The van der Waals surface area contributed by atoms with Gasteiger partial charge in [0.15, 0.2) is 5.82 Å². The SMILES string of the molecule is FC(F)(F)Cc1ccn(-c2ccnc(Cl)n2)n1. The van der Waals surface area contributed by atoms with Crippen LogP contribution < -0.4 is 0 Å². The third-order valence-corrected chi connectivity index (χ3v) is 2.05. The van der Waals surface area contributed by atoms with Gasteiger partial charge in [-0.05, 0) is 17.7 Å². The van der Waals surface area contributed by atoms with Crippen LogP contribution in [-0.2, 0) is 6.42 Å². The minimum Gasteiger partial charge on any atom is -0.226 e. The predicted octanol–water partition coefficient (Wildman–Crippen LogP) is 2.42. The molecule has 0 aliphatic heterocycles. The van der Waals surface area contributed by atoms with Crippen molar-refractivity contribution in [2.45, 2.75) is 12.6 Å². The molecule has 90 valence electrons. The summed E-state index contributed by atoms with van der Waals surface area (Å²) in [6, 6.07) is 2.78. The fraction of sp³-hybridized carbons (Fsp3) is 0.222. The van der Waals surface area contributed by atoms with Crippen molar-refractivity contribution < 1.29 is 13.2 Å². The Morgan fingerprint density at radius 1 is 1.29 bits per heavy atom. The van der Waals surface area contributed by atoms with Gasteiger partial charge in [0.05, 0.1) is 12.1 Å². The fourth-order valence-electron chi connectivity index (χ4n) is 1.24.